The molecule has 104 valence electrons. The van der Waals surface area contributed by atoms with E-state index in [1.807, 2.05) is 30.5 Å². The summed E-state index contributed by atoms with van der Waals surface area (Å²) < 4.78 is 0. The summed E-state index contributed by atoms with van der Waals surface area (Å²) in [4.78, 5) is 17.8. The minimum Gasteiger partial charge on any atom is -0.399 e. The number of rotatable bonds is 2. The van der Waals surface area contributed by atoms with Crippen molar-refractivity contribution in [1.82, 2.24) is 10.3 Å². The largest absolute Gasteiger partial charge is 0.399 e. The highest BCUT2D eigenvalue weighted by atomic mass is 16.1. The van der Waals surface area contributed by atoms with E-state index in [9.17, 15) is 4.79 Å². The first-order valence-electron chi connectivity index (χ1n) is 6.80. The molecule has 5 heteroatoms. The molecule has 0 radical (unpaired) electrons. The molecule has 1 aromatic carbocycles. The van der Waals surface area contributed by atoms with Crippen LogP contribution in [0.2, 0.25) is 0 Å². The zero-order chi connectivity index (χ0) is 14.1. The zero-order valence-corrected chi connectivity index (χ0v) is 11.5. The van der Waals surface area contributed by atoms with Crippen LogP contribution in [0, 0.1) is 0 Å². The molecule has 1 fully saturated rings. The van der Waals surface area contributed by atoms with Crippen molar-refractivity contribution < 1.29 is 4.79 Å². The number of carbonyl (C=O) groups excluding carboxylic acids is 1. The predicted octanol–water partition coefficient (Wildman–Crippen LogP) is 1.53. The van der Waals surface area contributed by atoms with Gasteiger partial charge < -0.3 is 16.0 Å². The molecule has 3 rings (SSSR count). The fourth-order valence-corrected chi connectivity index (χ4v) is 2.81. The molecule has 3 N–H and O–H groups in total. The highest BCUT2D eigenvalue weighted by molar-refractivity contribution is 5.93. The first kappa shape index (κ1) is 12.7. The number of pyridine rings is 1. The Balaban J connectivity index is 1.90. The average Bonchev–Trinajstić information content (AvgIpc) is 2.85. The Labute approximate surface area is 117 Å². The molecule has 1 atom stereocenters. The van der Waals surface area contributed by atoms with E-state index in [1.165, 1.54) is 0 Å². The van der Waals surface area contributed by atoms with Gasteiger partial charge in [0.25, 0.3) is 0 Å². The molecule has 1 aromatic heterocycles. The van der Waals surface area contributed by atoms with Crippen molar-refractivity contribution >= 4 is 28.2 Å². The van der Waals surface area contributed by atoms with E-state index >= 15 is 0 Å². The molecule has 2 aromatic rings. The summed E-state index contributed by atoms with van der Waals surface area (Å²) in [7, 11) is 0. The lowest BCUT2D eigenvalue weighted by Crippen LogP contribution is -2.35. The normalized spacial score (nSPS) is 18.4. The molecular weight excluding hydrogens is 252 g/mol. The Morgan fingerprint density at radius 3 is 3.10 bits per heavy atom. The average molecular weight is 270 g/mol. The van der Waals surface area contributed by atoms with E-state index < -0.39 is 0 Å². The predicted molar refractivity (Wildman–Crippen MR) is 80.6 cm³/mol. The minimum atomic E-state index is 0.0317. The molecule has 2 heterocycles. The van der Waals surface area contributed by atoms with E-state index in [2.05, 4.69) is 15.2 Å². The van der Waals surface area contributed by atoms with E-state index in [-0.39, 0.29) is 11.9 Å². The van der Waals surface area contributed by atoms with Gasteiger partial charge in [-0.25, -0.2) is 0 Å². The second kappa shape index (κ2) is 5.00. The number of fused-ring (bicyclic) bond motifs is 1. The monoisotopic (exact) mass is 270 g/mol. The molecule has 1 aliphatic heterocycles. The number of carbonyl (C=O) groups is 1. The topological polar surface area (TPSA) is 71.2 Å². The number of hydrogen-bond acceptors (Lipinski definition) is 4. The van der Waals surface area contributed by atoms with E-state index in [1.54, 1.807) is 6.92 Å². The summed E-state index contributed by atoms with van der Waals surface area (Å²) in [6, 6.07) is 8.05. The lowest BCUT2D eigenvalue weighted by molar-refractivity contribution is -0.119. The smallest absolute Gasteiger partial charge is 0.217 e. The lowest BCUT2D eigenvalue weighted by Gasteiger charge is -2.20. The molecule has 5 nitrogen and oxygen atoms in total. The van der Waals surface area contributed by atoms with Crippen LogP contribution in [0.3, 0.4) is 0 Å². The Kier molecular flexibility index (Phi) is 3.18. The minimum absolute atomic E-state index is 0.0317. The molecule has 1 saturated heterocycles. The third kappa shape index (κ3) is 2.39. The van der Waals surface area contributed by atoms with Gasteiger partial charge in [-0.05, 0) is 30.7 Å². The fraction of sp³-hybridized carbons (Fsp3) is 0.333. The maximum absolute atomic E-state index is 11.1. The van der Waals surface area contributed by atoms with Gasteiger partial charge in [-0.15, -0.1) is 0 Å². The highest BCUT2D eigenvalue weighted by Gasteiger charge is 2.24. The number of nitrogen functional groups attached to an aromatic ring is 1. The summed E-state index contributed by atoms with van der Waals surface area (Å²) in [6.07, 6.45) is 2.78. The van der Waals surface area contributed by atoms with Crippen LogP contribution >= 0.6 is 0 Å². The van der Waals surface area contributed by atoms with Crippen molar-refractivity contribution in [2.24, 2.45) is 0 Å². The summed E-state index contributed by atoms with van der Waals surface area (Å²) in [5.41, 5.74) is 8.59. The van der Waals surface area contributed by atoms with E-state index in [0.717, 1.165) is 41.8 Å². The van der Waals surface area contributed by atoms with Crippen LogP contribution in [0.25, 0.3) is 10.9 Å². The van der Waals surface area contributed by atoms with Crippen molar-refractivity contribution in [3.05, 3.63) is 30.5 Å². The van der Waals surface area contributed by atoms with Gasteiger partial charge in [-0.3, -0.25) is 9.78 Å². The van der Waals surface area contributed by atoms with Gasteiger partial charge in [-0.1, -0.05) is 0 Å². The van der Waals surface area contributed by atoms with Gasteiger partial charge >= 0.3 is 0 Å². The molecule has 0 spiro atoms. The fourth-order valence-electron chi connectivity index (χ4n) is 2.81. The summed E-state index contributed by atoms with van der Waals surface area (Å²) >= 11 is 0. The van der Waals surface area contributed by atoms with Crippen molar-refractivity contribution in [1.29, 1.82) is 0 Å². The summed E-state index contributed by atoms with van der Waals surface area (Å²) in [6.45, 7) is 3.34. The van der Waals surface area contributed by atoms with E-state index in [0.29, 0.717) is 0 Å². The van der Waals surface area contributed by atoms with Gasteiger partial charge in [0.1, 0.15) is 0 Å². The number of hydrogen-bond donors (Lipinski definition) is 2. The second-order valence-electron chi connectivity index (χ2n) is 5.24. The number of anilines is 2. The van der Waals surface area contributed by atoms with Gasteiger partial charge in [0, 0.05) is 49.0 Å². The van der Waals surface area contributed by atoms with Crippen LogP contribution in [0.15, 0.2) is 30.5 Å². The van der Waals surface area contributed by atoms with Crippen LogP contribution in [0.4, 0.5) is 11.4 Å². The summed E-state index contributed by atoms with van der Waals surface area (Å²) in [5, 5.41) is 4.08. The van der Waals surface area contributed by atoms with Crippen molar-refractivity contribution in [2.75, 3.05) is 23.7 Å². The Morgan fingerprint density at radius 1 is 1.45 bits per heavy atom. The molecule has 0 saturated carbocycles. The highest BCUT2D eigenvalue weighted by Crippen LogP contribution is 2.29. The van der Waals surface area contributed by atoms with Gasteiger partial charge in [0.15, 0.2) is 0 Å². The van der Waals surface area contributed by atoms with Gasteiger partial charge in [0.05, 0.1) is 5.52 Å². The van der Waals surface area contributed by atoms with Crippen LogP contribution in [0.5, 0.6) is 0 Å². The summed E-state index contributed by atoms with van der Waals surface area (Å²) in [5.74, 6) is 0.0317. The zero-order valence-electron chi connectivity index (χ0n) is 11.5. The quantitative estimate of drug-likeness (QED) is 0.812. The SMILES string of the molecule is CC(=O)NC1CCN(c2ccnc3cc(N)ccc23)C1. The van der Waals surface area contributed by atoms with Crippen LogP contribution in [-0.2, 0) is 4.79 Å². The maximum atomic E-state index is 11.1. The third-order valence-corrected chi connectivity index (χ3v) is 3.68. The second-order valence-corrected chi connectivity index (χ2v) is 5.24. The number of amides is 1. The molecule has 0 bridgehead atoms. The van der Waals surface area contributed by atoms with Crippen molar-refractivity contribution in [3.63, 3.8) is 0 Å². The molecular formula is C15H18N4O. The third-order valence-electron chi connectivity index (χ3n) is 3.68. The Morgan fingerprint density at radius 2 is 2.30 bits per heavy atom. The first-order valence-corrected chi connectivity index (χ1v) is 6.80. The standard InChI is InChI=1S/C15H18N4O/c1-10(20)18-12-5-7-19(9-12)15-4-6-17-14-8-11(16)2-3-13(14)15/h2-4,6,8,12H,5,7,9,16H2,1H3,(H,18,20). The van der Waals surface area contributed by atoms with Crippen LogP contribution in [0.1, 0.15) is 13.3 Å². The first-order chi connectivity index (χ1) is 9.63. The molecule has 20 heavy (non-hydrogen) atoms. The Hall–Kier alpha value is -2.30. The van der Waals surface area contributed by atoms with E-state index in [4.69, 9.17) is 5.73 Å². The van der Waals surface area contributed by atoms with Crippen LogP contribution < -0.4 is 16.0 Å². The number of benzene rings is 1. The number of nitrogens with one attached hydrogen (secondary N) is 1. The van der Waals surface area contributed by atoms with Crippen molar-refractivity contribution in [3.8, 4) is 0 Å². The molecule has 1 amide bonds. The molecule has 0 aliphatic carbocycles. The molecule has 1 unspecified atom stereocenters. The van der Waals surface area contributed by atoms with Gasteiger partial charge in [0.2, 0.25) is 5.91 Å². The number of nitrogens with two attached hydrogens (primary N) is 1. The van der Waals surface area contributed by atoms with Gasteiger partial charge in [-0.2, -0.15) is 0 Å². The number of nitrogens with zero attached hydrogens (tertiary/aromatic N) is 2. The Bertz CT molecular complexity index is 655. The maximum Gasteiger partial charge on any atom is 0.217 e. The lowest BCUT2D eigenvalue weighted by atomic mass is 10.1. The van der Waals surface area contributed by atoms with Crippen LogP contribution in [-0.4, -0.2) is 30.0 Å². The van der Waals surface area contributed by atoms with Crippen molar-refractivity contribution in [2.45, 2.75) is 19.4 Å². The number of aromatic nitrogens is 1. The molecule has 1 aliphatic rings.